The van der Waals surface area contributed by atoms with Crippen molar-refractivity contribution >= 4 is 17.4 Å². The van der Waals surface area contributed by atoms with Crippen LogP contribution in [0.25, 0.3) is 5.76 Å². The van der Waals surface area contributed by atoms with Crippen molar-refractivity contribution in [3.05, 3.63) is 58.7 Å². The standard InChI is InChI=1S/C27H33NO6/c1-7-12-28-24(18-8-11-21(32-5)22(14-18)33-6)23(26(30)27(28)31)25(29)19-9-10-20(17(4)13-19)34-15-16(2)3/h8-11,13-14,16,24,29H,7,12,15H2,1-6H3/b25-23-. The van der Waals surface area contributed by atoms with Crippen LogP contribution in [0.2, 0.25) is 0 Å². The molecule has 1 N–H and O–H groups in total. The normalized spacial score (nSPS) is 17.4. The number of aryl methyl sites for hydroxylation is 1. The fraction of sp³-hybridized carbons (Fsp3) is 0.407. The van der Waals surface area contributed by atoms with E-state index in [0.29, 0.717) is 53.9 Å². The molecule has 1 amide bonds. The summed E-state index contributed by atoms with van der Waals surface area (Å²) in [6.45, 7) is 8.91. The number of Topliss-reactive ketones (excluding diaryl/α,β-unsaturated/α-hetero) is 1. The van der Waals surface area contributed by atoms with Crippen LogP contribution in [0.3, 0.4) is 0 Å². The van der Waals surface area contributed by atoms with E-state index in [-0.39, 0.29) is 11.3 Å². The molecule has 7 nitrogen and oxygen atoms in total. The summed E-state index contributed by atoms with van der Waals surface area (Å²) in [5.74, 6) is 0.558. The van der Waals surface area contributed by atoms with Crippen LogP contribution in [-0.4, -0.2) is 49.1 Å². The quantitative estimate of drug-likeness (QED) is 0.321. The van der Waals surface area contributed by atoms with Crippen LogP contribution in [-0.2, 0) is 9.59 Å². The van der Waals surface area contributed by atoms with E-state index in [9.17, 15) is 14.7 Å². The monoisotopic (exact) mass is 467 g/mol. The molecule has 182 valence electrons. The Hall–Kier alpha value is -3.48. The fourth-order valence-corrected chi connectivity index (χ4v) is 4.09. The third-order valence-corrected chi connectivity index (χ3v) is 5.75. The molecule has 1 unspecified atom stereocenters. The maximum absolute atomic E-state index is 13.1. The van der Waals surface area contributed by atoms with Crippen molar-refractivity contribution in [3.8, 4) is 17.2 Å². The van der Waals surface area contributed by atoms with Crippen molar-refractivity contribution in [2.24, 2.45) is 5.92 Å². The first-order valence-electron chi connectivity index (χ1n) is 11.5. The van der Waals surface area contributed by atoms with Crippen molar-refractivity contribution < 1.29 is 28.9 Å². The summed E-state index contributed by atoms with van der Waals surface area (Å²) in [4.78, 5) is 27.5. The molecule has 0 aromatic heterocycles. The molecule has 0 bridgehead atoms. The number of amides is 1. The summed E-state index contributed by atoms with van der Waals surface area (Å²) in [7, 11) is 3.06. The number of rotatable bonds is 9. The van der Waals surface area contributed by atoms with Gasteiger partial charge in [-0.05, 0) is 60.7 Å². The zero-order chi connectivity index (χ0) is 25.0. The Morgan fingerprint density at radius 1 is 1.03 bits per heavy atom. The number of methoxy groups -OCH3 is 2. The van der Waals surface area contributed by atoms with E-state index in [1.54, 1.807) is 36.4 Å². The first-order valence-corrected chi connectivity index (χ1v) is 11.5. The number of hydrogen-bond donors (Lipinski definition) is 1. The van der Waals surface area contributed by atoms with Gasteiger partial charge in [0.25, 0.3) is 11.7 Å². The third kappa shape index (κ3) is 4.88. The summed E-state index contributed by atoms with van der Waals surface area (Å²) < 4.78 is 16.6. The summed E-state index contributed by atoms with van der Waals surface area (Å²) in [6, 6.07) is 9.75. The highest BCUT2D eigenvalue weighted by Crippen LogP contribution is 2.42. The number of aliphatic hydroxyl groups excluding tert-OH is 1. The summed E-state index contributed by atoms with van der Waals surface area (Å²) in [6.07, 6.45) is 0.665. The van der Waals surface area contributed by atoms with Crippen molar-refractivity contribution in [1.82, 2.24) is 4.90 Å². The smallest absolute Gasteiger partial charge is 0.295 e. The minimum atomic E-state index is -0.739. The van der Waals surface area contributed by atoms with Gasteiger partial charge in [-0.1, -0.05) is 26.8 Å². The summed E-state index contributed by atoms with van der Waals surface area (Å²) in [5, 5.41) is 11.3. The van der Waals surface area contributed by atoms with Crippen molar-refractivity contribution in [1.29, 1.82) is 0 Å². The third-order valence-electron chi connectivity index (χ3n) is 5.75. The number of nitrogens with zero attached hydrogens (tertiary/aromatic N) is 1. The molecule has 2 aromatic rings. The second kappa shape index (κ2) is 10.6. The van der Waals surface area contributed by atoms with Gasteiger partial charge >= 0.3 is 0 Å². The number of hydrogen-bond acceptors (Lipinski definition) is 6. The topological polar surface area (TPSA) is 85.3 Å². The highest BCUT2D eigenvalue weighted by Gasteiger charge is 2.45. The number of likely N-dealkylation sites (tertiary alicyclic amines) is 1. The molecule has 1 heterocycles. The molecule has 0 spiro atoms. The van der Waals surface area contributed by atoms with Crippen LogP contribution in [0.5, 0.6) is 17.2 Å². The largest absolute Gasteiger partial charge is 0.507 e. The molecule has 0 aliphatic carbocycles. The van der Waals surface area contributed by atoms with Gasteiger partial charge < -0.3 is 24.2 Å². The highest BCUT2D eigenvalue weighted by molar-refractivity contribution is 6.46. The molecule has 0 saturated carbocycles. The van der Waals surface area contributed by atoms with E-state index in [1.807, 2.05) is 13.8 Å². The molecule has 1 aliphatic rings. The Morgan fingerprint density at radius 3 is 2.29 bits per heavy atom. The van der Waals surface area contributed by atoms with E-state index in [1.165, 1.54) is 19.1 Å². The molecule has 1 fully saturated rings. The van der Waals surface area contributed by atoms with Crippen LogP contribution >= 0.6 is 0 Å². The SMILES string of the molecule is CCCN1C(=O)C(=O)/C(=C(\O)c2ccc(OCC(C)C)c(C)c2)C1c1ccc(OC)c(OC)c1. The van der Waals surface area contributed by atoms with E-state index in [2.05, 4.69) is 13.8 Å². The minimum absolute atomic E-state index is 0.0564. The predicted molar refractivity (Wildman–Crippen MR) is 130 cm³/mol. The molecule has 1 aliphatic heterocycles. The Labute approximate surface area is 200 Å². The summed E-state index contributed by atoms with van der Waals surface area (Å²) >= 11 is 0. The minimum Gasteiger partial charge on any atom is -0.507 e. The molecule has 7 heteroatoms. The number of benzene rings is 2. The van der Waals surface area contributed by atoms with Crippen LogP contribution < -0.4 is 14.2 Å². The van der Waals surface area contributed by atoms with E-state index in [0.717, 1.165) is 5.56 Å². The number of aliphatic hydroxyl groups is 1. The average Bonchev–Trinajstić information content (AvgIpc) is 3.07. The lowest BCUT2D eigenvalue weighted by molar-refractivity contribution is -0.139. The van der Waals surface area contributed by atoms with Gasteiger partial charge in [0, 0.05) is 12.1 Å². The second-order valence-corrected chi connectivity index (χ2v) is 8.79. The first kappa shape index (κ1) is 25.1. The molecule has 1 atom stereocenters. The lowest BCUT2D eigenvalue weighted by Gasteiger charge is -2.25. The second-order valence-electron chi connectivity index (χ2n) is 8.79. The zero-order valence-electron chi connectivity index (χ0n) is 20.7. The molecule has 2 aromatic carbocycles. The number of carbonyl (C=O) groups is 2. The van der Waals surface area contributed by atoms with Crippen LogP contribution in [0.1, 0.15) is 49.9 Å². The molecule has 3 rings (SSSR count). The van der Waals surface area contributed by atoms with Crippen LogP contribution in [0.4, 0.5) is 0 Å². The first-order chi connectivity index (χ1) is 16.2. The molecule has 34 heavy (non-hydrogen) atoms. The van der Waals surface area contributed by atoms with Gasteiger partial charge in [0.1, 0.15) is 11.5 Å². The van der Waals surface area contributed by atoms with Gasteiger partial charge in [-0.15, -0.1) is 0 Å². The van der Waals surface area contributed by atoms with E-state index in [4.69, 9.17) is 14.2 Å². The van der Waals surface area contributed by atoms with Gasteiger partial charge in [-0.3, -0.25) is 9.59 Å². The lowest BCUT2D eigenvalue weighted by Crippen LogP contribution is -2.30. The Balaban J connectivity index is 2.12. The predicted octanol–water partition coefficient (Wildman–Crippen LogP) is 4.88. The Bertz CT molecular complexity index is 1100. The van der Waals surface area contributed by atoms with Gasteiger partial charge in [-0.2, -0.15) is 0 Å². The highest BCUT2D eigenvalue weighted by atomic mass is 16.5. The maximum Gasteiger partial charge on any atom is 0.295 e. The molecular weight excluding hydrogens is 434 g/mol. The van der Waals surface area contributed by atoms with Crippen molar-refractivity contribution in [2.75, 3.05) is 27.4 Å². The number of ether oxygens (including phenoxy) is 3. The van der Waals surface area contributed by atoms with Gasteiger partial charge in [0.2, 0.25) is 0 Å². The molecule has 1 saturated heterocycles. The summed E-state index contributed by atoms with van der Waals surface area (Å²) in [5.41, 5.74) is 1.99. The maximum atomic E-state index is 13.1. The average molecular weight is 468 g/mol. The van der Waals surface area contributed by atoms with Crippen LogP contribution in [0, 0.1) is 12.8 Å². The van der Waals surface area contributed by atoms with E-state index >= 15 is 0 Å². The Morgan fingerprint density at radius 2 is 1.71 bits per heavy atom. The van der Waals surface area contributed by atoms with E-state index < -0.39 is 17.7 Å². The number of carbonyl (C=O) groups excluding carboxylic acids is 2. The molecule has 0 radical (unpaired) electrons. The van der Waals surface area contributed by atoms with Crippen LogP contribution in [0.15, 0.2) is 42.0 Å². The number of ketones is 1. The Kier molecular flexibility index (Phi) is 7.87. The van der Waals surface area contributed by atoms with Crippen molar-refractivity contribution in [3.63, 3.8) is 0 Å². The van der Waals surface area contributed by atoms with Gasteiger partial charge in [0.05, 0.1) is 32.4 Å². The molecular formula is C27H33NO6. The fourth-order valence-electron chi connectivity index (χ4n) is 4.09. The zero-order valence-corrected chi connectivity index (χ0v) is 20.7. The van der Waals surface area contributed by atoms with Gasteiger partial charge in [0.15, 0.2) is 11.5 Å². The van der Waals surface area contributed by atoms with Gasteiger partial charge in [-0.25, -0.2) is 0 Å². The lowest BCUT2D eigenvalue weighted by atomic mass is 9.94. The van der Waals surface area contributed by atoms with Crippen molar-refractivity contribution in [2.45, 2.75) is 40.2 Å².